The van der Waals surface area contributed by atoms with Crippen LogP contribution in [-0.2, 0) is 22.6 Å². The second-order valence-electron chi connectivity index (χ2n) is 9.43. The van der Waals surface area contributed by atoms with Crippen molar-refractivity contribution in [2.24, 2.45) is 0 Å². The number of imide groups is 1. The number of para-hydroxylation sites is 1. The summed E-state index contributed by atoms with van der Waals surface area (Å²) in [4.78, 5) is 45.2. The molecule has 4 amide bonds. The van der Waals surface area contributed by atoms with Crippen LogP contribution in [-0.4, -0.2) is 51.3 Å². The van der Waals surface area contributed by atoms with E-state index in [4.69, 9.17) is 0 Å². The number of nitrogens with zero attached hydrogens (tertiary/aromatic N) is 2. The van der Waals surface area contributed by atoms with Crippen molar-refractivity contribution >= 4 is 28.7 Å². The van der Waals surface area contributed by atoms with Gasteiger partial charge < -0.3 is 15.2 Å². The van der Waals surface area contributed by atoms with Gasteiger partial charge in [-0.1, -0.05) is 49.6 Å². The lowest BCUT2D eigenvalue weighted by Crippen LogP contribution is -2.47. The van der Waals surface area contributed by atoms with Gasteiger partial charge in [0.1, 0.15) is 18.4 Å². The van der Waals surface area contributed by atoms with E-state index in [0.29, 0.717) is 13.0 Å². The Morgan fingerprint density at radius 3 is 2.54 bits per heavy atom. The number of aromatic nitrogens is 1. The van der Waals surface area contributed by atoms with E-state index in [9.17, 15) is 18.8 Å². The van der Waals surface area contributed by atoms with Crippen LogP contribution in [0.25, 0.3) is 10.9 Å². The lowest BCUT2D eigenvalue weighted by Gasteiger charge is -2.35. The Balaban J connectivity index is 1.30. The smallest absolute Gasteiger partial charge is 0.325 e. The van der Waals surface area contributed by atoms with Crippen LogP contribution < -0.4 is 5.32 Å². The summed E-state index contributed by atoms with van der Waals surface area (Å²) >= 11 is 0. The third-order valence-corrected chi connectivity index (χ3v) is 7.10. The summed E-state index contributed by atoms with van der Waals surface area (Å²) in [5.41, 5.74) is 2.72. The number of fused-ring (bicyclic) bond motifs is 1. The predicted octanol–water partition coefficient (Wildman–Crippen LogP) is 4.13. The zero-order valence-corrected chi connectivity index (χ0v) is 19.5. The van der Waals surface area contributed by atoms with Crippen molar-refractivity contribution in [3.63, 3.8) is 0 Å². The third kappa shape index (κ3) is 4.92. The molecule has 0 spiro atoms. The van der Waals surface area contributed by atoms with E-state index in [1.807, 2.05) is 30.5 Å². The molecule has 0 radical (unpaired) electrons. The largest absolute Gasteiger partial charge is 0.361 e. The van der Waals surface area contributed by atoms with Crippen LogP contribution in [0.3, 0.4) is 0 Å². The number of amides is 4. The Labute approximate surface area is 203 Å². The number of halogens is 1. The first-order valence-electron chi connectivity index (χ1n) is 12.2. The summed E-state index contributed by atoms with van der Waals surface area (Å²) in [5.74, 6) is -0.985. The molecule has 8 heteroatoms. The van der Waals surface area contributed by atoms with E-state index in [1.165, 1.54) is 12.1 Å². The normalized spacial score (nSPS) is 18.8. The number of hydrogen-bond donors (Lipinski definition) is 2. The van der Waals surface area contributed by atoms with Crippen molar-refractivity contribution in [3.8, 4) is 0 Å². The summed E-state index contributed by atoms with van der Waals surface area (Å²) in [5, 5.41) is 3.75. The van der Waals surface area contributed by atoms with E-state index < -0.39 is 12.1 Å². The minimum atomic E-state index is -0.713. The van der Waals surface area contributed by atoms with Crippen LogP contribution in [0.2, 0.25) is 0 Å². The molecular weight excluding hydrogens is 447 g/mol. The Bertz CT molecular complexity index is 1230. The first-order chi connectivity index (χ1) is 17.0. The van der Waals surface area contributed by atoms with E-state index in [1.54, 1.807) is 17.0 Å². The van der Waals surface area contributed by atoms with Crippen LogP contribution in [0.1, 0.15) is 43.2 Å². The van der Waals surface area contributed by atoms with Gasteiger partial charge in [-0.3, -0.25) is 14.5 Å². The van der Waals surface area contributed by atoms with Gasteiger partial charge >= 0.3 is 6.03 Å². The number of rotatable bonds is 7. The average molecular weight is 477 g/mol. The maximum Gasteiger partial charge on any atom is 0.325 e. The summed E-state index contributed by atoms with van der Waals surface area (Å²) in [6.07, 6.45) is 7.18. The Hall–Kier alpha value is -3.68. The fourth-order valence-corrected chi connectivity index (χ4v) is 5.21. The Morgan fingerprint density at radius 2 is 1.77 bits per heavy atom. The fraction of sp³-hybridized carbons (Fsp3) is 0.370. The molecule has 1 aliphatic heterocycles. The van der Waals surface area contributed by atoms with Crippen molar-refractivity contribution < 1.29 is 18.8 Å². The highest BCUT2D eigenvalue weighted by molar-refractivity contribution is 6.06. The number of benzene rings is 2. The summed E-state index contributed by atoms with van der Waals surface area (Å²) in [6, 6.07) is 12.7. The second kappa shape index (κ2) is 9.90. The molecule has 2 aliphatic rings. The first-order valence-corrected chi connectivity index (χ1v) is 12.2. The first kappa shape index (κ1) is 23.1. The molecule has 7 nitrogen and oxygen atoms in total. The fourth-order valence-electron chi connectivity index (χ4n) is 5.21. The van der Waals surface area contributed by atoms with Crippen LogP contribution in [0.15, 0.2) is 54.7 Å². The van der Waals surface area contributed by atoms with Gasteiger partial charge in [-0.05, 0) is 42.2 Å². The molecule has 0 bridgehead atoms. The highest BCUT2D eigenvalue weighted by Crippen LogP contribution is 2.26. The van der Waals surface area contributed by atoms with Crippen molar-refractivity contribution in [2.45, 2.75) is 57.2 Å². The lowest BCUT2D eigenvalue weighted by atomic mass is 9.93. The van der Waals surface area contributed by atoms with Gasteiger partial charge in [0, 0.05) is 36.1 Å². The summed E-state index contributed by atoms with van der Waals surface area (Å²) in [6.45, 7) is 0.0267. The van der Waals surface area contributed by atoms with Crippen LogP contribution in [0.4, 0.5) is 9.18 Å². The van der Waals surface area contributed by atoms with Gasteiger partial charge in [-0.25, -0.2) is 9.18 Å². The number of carbonyl (C=O) groups is 3. The molecule has 1 atom stereocenters. The molecule has 2 aromatic carbocycles. The van der Waals surface area contributed by atoms with Gasteiger partial charge in [0.2, 0.25) is 5.91 Å². The van der Waals surface area contributed by atoms with Crippen molar-refractivity contribution in [1.29, 1.82) is 0 Å². The third-order valence-electron chi connectivity index (χ3n) is 7.10. The summed E-state index contributed by atoms with van der Waals surface area (Å²) < 4.78 is 13.4. The zero-order valence-electron chi connectivity index (χ0n) is 19.5. The van der Waals surface area contributed by atoms with Crippen LogP contribution in [0.5, 0.6) is 0 Å². The van der Waals surface area contributed by atoms with E-state index in [2.05, 4.69) is 10.3 Å². The van der Waals surface area contributed by atoms with Gasteiger partial charge in [-0.2, -0.15) is 0 Å². The van der Waals surface area contributed by atoms with Crippen LogP contribution in [0, 0.1) is 5.82 Å². The van der Waals surface area contributed by atoms with E-state index >= 15 is 0 Å². The molecule has 1 saturated heterocycles. The zero-order chi connectivity index (χ0) is 24.4. The lowest BCUT2D eigenvalue weighted by molar-refractivity contribution is -0.140. The average Bonchev–Trinajstić information content (AvgIpc) is 3.40. The molecule has 1 saturated carbocycles. The maximum atomic E-state index is 13.4. The number of aromatic amines is 1. The van der Waals surface area contributed by atoms with Gasteiger partial charge in [0.05, 0.1) is 0 Å². The highest BCUT2D eigenvalue weighted by Gasteiger charge is 2.40. The van der Waals surface area contributed by atoms with Crippen LogP contribution >= 0.6 is 0 Å². The topological polar surface area (TPSA) is 85.5 Å². The minimum Gasteiger partial charge on any atom is -0.361 e. The molecule has 2 N–H and O–H groups in total. The molecule has 2 fully saturated rings. The standard InChI is InChI=1S/C27H29FN4O3/c28-20-12-10-18(11-13-20)16-31(21-6-2-1-3-7-21)25(33)17-32-26(34)24(30-27(32)35)14-19-15-29-23-9-5-4-8-22(19)23/h4-5,8-13,15,21,24,29H,1-3,6-7,14,16-17H2,(H,30,35). The Morgan fingerprint density at radius 1 is 1.03 bits per heavy atom. The number of H-pyrrole nitrogens is 1. The molecule has 2 heterocycles. The molecule has 5 rings (SSSR count). The number of hydrogen-bond acceptors (Lipinski definition) is 3. The number of urea groups is 1. The number of carbonyl (C=O) groups excluding carboxylic acids is 3. The van der Waals surface area contributed by atoms with E-state index in [0.717, 1.165) is 59.0 Å². The second-order valence-corrected chi connectivity index (χ2v) is 9.43. The quantitative estimate of drug-likeness (QED) is 0.503. The highest BCUT2D eigenvalue weighted by atomic mass is 19.1. The van der Waals surface area contributed by atoms with Crippen molar-refractivity contribution in [3.05, 3.63) is 71.7 Å². The van der Waals surface area contributed by atoms with Gasteiger partial charge in [0.25, 0.3) is 5.91 Å². The molecule has 35 heavy (non-hydrogen) atoms. The van der Waals surface area contributed by atoms with Crippen molar-refractivity contribution in [2.75, 3.05) is 6.54 Å². The Kier molecular flexibility index (Phi) is 6.53. The molecule has 1 aromatic heterocycles. The monoisotopic (exact) mass is 476 g/mol. The number of nitrogens with one attached hydrogen (secondary N) is 2. The van der Waals surface area contributed by atoms with Crippen molar-refractivity contribution in [1.82, 2.24) is 20.1 Å². The minimum absolute atomic E-state index is 0.0455. The molecular formula is C27H29FN4O3. The predicted molar refractivity (Wildman–Crippen MR) is 130 cm³/mol. The van der Waals surface area contributed by atoms with E-state index in [-0.39, 0.29) is 30.2 Å². The summed E-state index contributed by atoms with van der Waals surface area (Å²) in [7, 11) is 0. The maximum absolute atomic E-state index is 13.4. The molecule has 3 aromatic rings. The molecule has 1 aliphatic carbocycles. The van der Waals surface area contributed by atoms with Gasteiger partial charge in [-0.15, -0.1) is 0 Å². The van der Waals surface area contributed by atoms with Gasteiger partial charge in [0.15, 0.2) is 0 Å². The SMILES string of the molecule is O=C1NC(Cc2c[nH]c3ccccc23)C(=O)N1CC(=O)N(Cc1ccc(F)cc1)C1CCCCC1. The molecule has 1 unspecified atom stereocenters. The molecule has 182 valence electrons.